The maximum absolute atomic E-state index is 12.2. The van der Waals surface area contributed by atoms with Gasteiger partial charge in [0.25, 0.3) is 5.91 Å². The summed E-state index contributed by atoms with van der Waals surface area (Å²) in [6.45, 7) is 2.85. The quantitative estimate of drug-likeness (QED) is 0.758. The van der Waals surface area contributed by atoms with Crippen LogP contribution < -0.4 is 14.8 Å². The lowest BCUT2D eigenvalue weighted by Gasteiger charge is -2.10. The Balaban J connectivity index is 1.88. The number of nitrogens with one attached hydrogen (secondary N) is 1. The van der Waals surface area contributed by atoms with Crippen LogP contribution in [0.4, 0.5) is 0 Å². The topological polar surface area (TPSA) is 65.4 Å². The Labute approximate surface area is 150 Å². The van der Waals surface area contributed by atoms with Crippen molar-refractivity contribution in [3.05, 3.63) is 39.6 Å². The Morgan fingerprint density at radius 1 is 1.25 bits per heavy atom. The van der Waals surface area contributed by atoms with Crippen molar-refractivity contribution in [2.75, 3.05) is 20.8 Å². The zero-order valence-electron chi connectivity index (χ0n) is 13.7. The number of rotatable bonds is 7. The van der Waals surface area contributed by atoms with E-state index < -0.39 is 0 Å². The predicted octanol–water partition coefficient (Wildman–Crippen LogP) is 3.34. The number of halogens is 2. The molecule has 24 heavy (non-hydrogen) atoms. The molecule has 0 unspecified atom stereocenters. The van der Waals surface area contributed by atoms with Crippen LogP contribution >= 0.6 is 23.2 Å². The molecule has 0 aliphatic rings. The summed E-state index contributed by atoms with van der Waals surface area (Å²) in [6, 6.07) is 5.02. The number of benzene rings is 1. The lowest BCUT2D eigenvalue weighted by molar-refractivity contribution is 0.0952. The predicted molar refractivity (Wildman–Crippen MR) is 93.5 cm³/mol. The van der Waals surface area contributed by atoms with E-state index in [1.54, 1.807) is 36.9 Å². The highest BCUT2D eigenvalue weighted by atomic mass is 35.5. The number of methoxy groups -OCH3 is 2. The molecular weight excluding hydrogens is 353 g/mol. The van der Waals surface area contributed by atoms with Gasteiger partial charge >= 0.3 is 0 Å². The second-order valence-electron chi connectivity index (χ2n) is 5.09. The number of amides is 1. The number of carbonyl (C=O) groups is 1. The van der Waals surface area contributed by atoms with Gasteiger partial charge < -0.3 is 14.8 Å². The summed E-state index contributed by atoms with van der Waals surface area (Å²) in [6.07, 6.45) is 0.677. The third kappa shape index (κ3) is 4.13. The minimum Gasteiger partial charge on any atom is -0.493 e. The van der Waals surface area contributed by atoms with Crippen LogP contribution in [0.3, 0.4) is 0 Å². The van der Waals surface area contributed by atoms with Gasteiger partial charge in [-0.25, -0.2) is 0 Å². The fourth-order valence-electron chi connectivity index (χ4n) is 2.19. The Hall–Kier alpha value is -1.92. The second-order valence-corrected chi connectivity index (χ2v) is 5.83. The van der Waals surface area contributed by atoms with Crippen LogP contribution in [0, 0.1) is 6.92 Å². The second kappa shape index (κ2) is 8.26. The summed E-state index contributed by atoms with van der Waals surface area (Å²) < 4.78 is 12.0. The fourth-order valence-corrected chi connectivity index (χ4v) is 2.58. The molecule has 0 spiro atoms. The molecule has 0 saturated carbocycles. The first-order valence-electron chi connectivity index (χ1n) is 7.36. The van der Waals surface area contributed by atoms with Gasteiger partial charge in [0.15, 0.2) is 11.5 Å². The van der Waals surface area contributed by atoms with Crippen molar-refractivity contribution < 1.29 is 14.3 Å². The minimum absolute atomic E-state index is 0.184. The number of carbonyl (C=O) groups excluding carboxylic acids is 1. The highest BCUT2D eigenvalue weighted by Gasteiger charge is 2.12. The molecule has 0 atom stereocenters. The molecule has 0 fully saturated rings. The lowest BCUT2D eigenvalue weighted by atomic mass is 10.2. The average Bonchev–Trinajstić information content (AvgIpc) is 2.84. The van der Waals surface area contributed by atoms with Crippen molar-refractivity contribution in [2.45, 2.75) is 19.9 Å². The third-order valence-corrected chi connectivity index (χ3v) is 4.41. The van der Waals surface area contributed by atoms with Crippen LogP contribution in [0.5, 0.6) is 11.5 Å². The molecule has 0 saturated heterocycles. The Bertz CT molecular complexity index is 732. The van der Waals surface area contributed by atoms with E-state index >= 15 is 0 Å². The number of hydrogen-bond acceptors (Lipinski definition) is 4. The molecule has 6 nitrogen and oxygen atoms in total. The van der Waals surface area contributed by atoms with Crippen LogP contribution in [-0.4, -0.2) is 36.5 Å². The van der Waals surface area contributed by atoms with Gasteiger partial charge in [-0.3, -0.25) is 9.48 Å². The van der Waals surface area contributed by atoms with Crippen LogP contribution in [0.15, 0.2) is 18.2 Å². The number of aromatic nitrogens is 2. The molecule has 1 aromatic heterocycles. The monoisotopic (exact) mass is 371 g/mol. The smallest absolute Gasteiger partial charge is 0.251 e. The first-order chi connectivity index (χ1) is 11.5. The summed E-state index contributed by atoms with van der Waals surface area (Å²) in [7, 11) is 3.08. The van der Waals surface area contributed by atoms with Crippen molar-refractivity contribution >= 4 is 29.1 Å². The zero-order valence-corrected chi connectivity index (χ0v) is 15.2. The maximum Gasteiger partial charge on any atom is 0.251 e. The normalized spacial score (nSPS) is 10.5. The van der Waals surface area contributed by atoms with Gasteiger partial charge in [-0.2, -0.15) is 5.10 Å². The molecule has 1 N–H and O–H groups in total. The summed E-state index contributed by atoms with van der Waals surface area (Å²) in [4.78, 5) is 12.2. The SMILES string of the molecule is COc1ccc(C(=O)NCCCn2nc(C)c(Cl)c2Cl)cc1OC. The minimum atomic E-state index is -0.184. The molecule has 0 aliphatic heterocycles. The van der Waals surface area contributed by atoms with E-state index in [4.69, 9.17) is 32.7 Å². The van der Waals surface area contributed by atoms with Crippen LogP contribution in [0.2, 0.25) is 10.2 Å². The first kappa shape index (κ1) is 18.4. The van der Waals surface area contributed by atoms with E-state index in [9.17, 15) is 4.79 Å². The molecule has 2 aromatic rings. The van der Waals surface area contributed by atoms with E-state index in [0.29, 0.717) is 52.4 Å². The molecule has 1 aromatic carbocycles. The largest absolute Gasteiger partial charge is 0.493 e. The molecule has 8 heteroatoms. The van der Waals surface area contributed by atoms with Gasteiger partial charge in [0.2, 0.25) is 0 Å². The number of aryl methyl sites for hydroxylation is 2. The summed E-state index contributed by atoms with van der Waals surface area (Å²) >= 11 is 12.1. The average molecular weight is 372 g/mol. The molecule has 0 aliphatic carbocycles. The zero-order chi connectivity index (χ0) is 17.7. The van der Waals surface area contributed by atoms with E-state index in [1.807, 2.05) is 0 Å². The number of ether oxygens (including phenoxy) is 2. The Morgan fingerprint density at radius 3 is 2.54 bits per heavy atom. The number of hydrogen-bond donors (Lipinski definition) is 1. The summed E-state index contributed by atoms with van der Waals surface area (Å²) in [5.74, 6) is 0.907. The van der Waals surface area contributed by atoms with Crippen molar-refractivity contribution in [1.29, 1.82) is 0 Å². The third-order valence-electron chi connectivity index (χ3n) is 3.47. The van der Waals surface area contributed by atoms with E-state index in [0.717, 1.165) is 0 Å². The van der Waals surface area contributed by atoms with Crippen LogP contribution in [0.1, 0.15) is 22.5 Å². The van der Waals surface area contributed by atoms with Gasteiger partial charge in [-0.1, -0.05) is 23.2 Å². The Morgan fingerprint density at radius 2 is 1.96 bits per heavy atom. The Kier molecular flexibility index (Phi) is 6.34. The van der Waals surface area contributed by atoms with Gasteiger partial charge in [0.05, 0.1) is 19.9 Å². The van der Waals surface area contributed by atoms with Crippen molar-refractivity contribution in [1.82, 2.24) is 15.1 Å². The summed E-state index contributed by atoms with van der Waals surface area (Å²) in [5.41, 5.74) is 1.19. The van der Waals surface area contributed by atoms with E-state index in [2.05, 4.69) is 10.4 Å². The van der Waals surface area contributed by atoms with Gasteiger partial charge in [0, 0.05) is 18.7 Å². The van der Waals surface area contributed by atoms with E-state index in [-0.39, 0.29) is 5.91 Å². The maximum atomic E-state index is 12.2. The molecule has 1 heterocycles. The molecule has 2 rings (SSSR count). The molecule has 0 radical (unpaired) electrons. The molecule has 1 amide bonds. The van der Waals surface area contributed by atoms with Gasteiger partial charge in [-0.05, 0) is 31.5 Å². The van der Waals surface area contributed by atoms with E-state index in [1.165, 1.54) is 7.11 Å². The van der Waals surface area contributed by atoms with Crippen molar-refractivity contribution in [3.63, 3.8) is 0 Å². The first-order valence-corrected chi connectivity index (χ1v) is 8.12. The lowest BCUT2D eigenvalue weighted by Crippen LogP contribution is -2.25. The molecule has 0 bridgehead atoms. The molecular formula is C16H19Cl2N3O3. The van der Waals surface area contributed by atoms with Crippen LogP contribution in [0.25, 0.3) is 0 Å². The van der Waals surface area contributed by atoms with Crippen molar-refractivity contribution in [3.8, 4) is 11.5 Å². The van der Waals surface area contributed by atoms with Gasteiger partial charge in [0.1, 0.15) is 10.2 Å². The van der Waals surface area contributed by atoms with Gasteiger partial charge in [-0.15, -0.1) is 0 Å². The highest BCUT2D eigenvalue weighted by Crippen LogP contribution is 2.27. The standard InChI is InChI=1S/C16H19Cl2N3O3/c1-10-14(17)15(18)21(20-10)8-4-7-19-16(22)11-5-6-12(23-2)13(9-11)24-3/h5-6,9H,4,7-8H2,1-3H3,(H,19,22). The van der Waals surface area contributed by atoms with Crippen LogP contribution in [-0.2, 0) is 6.54 Å². The summed E-state index contributed by atoms with van der Waals surface area (Å²) in [5, 5.41) is 7.96. The number of nitrogens with zero attached hydrogens (tertiary/aromatic N) is 2. The van der Waals surface area contributed by atoms with Crippen molar-refractivity contribution in [2.24, 2.45) is 0 Å². The highest BCUT2D eigenvalue weighted by molar-refractivity contribution is 6.41. The molecule has 130 valence electrons. The fraction of sp³-hybridized carbons (Fsp3) is 0.375.